The van der Waals surface area contributed by atoms with Crippen LogP contribution in [0.2, 0.25) is 0 Å². The summed E-state index contributed by atoms with van der Waals surface area (Å²) in [6.45, 7) is 7.14. The molecule has 0 amide bonds. The van der Waals surface area contributed by atoms with Crippen molar-refractivity contribution in [1.29, 1.82) is 0 Å². The molecule has 3 fully saturated rings. The van der Waals surface area contributed by atoms with E-state index in [2.05, 4.69) is 32.1 Å². The van der Waals surface area contributed by atoms with Gasteiger partial charge in [-0.05, 0) is 32.1 Å². The van der Waals surface area contributed by atoms with Crippen LogP contribution < -0.4 is 0 Å². The van der Waals surface area contributed by atoms with Gasteiger partial charge in [-0.1, -0.05) is 30.7 Å². The molecule has 0 aromatic rings. The van der Waals surface area contributed by atoms with Crippen LogP contribution in [0.3, 0.4) is 0 Å². The lowest BCUT2D eigenvalue weighted by molar-refractivity contribution is -0.0178. The second-order valence-electron chi connectivity index (χ2n) is 6.91. The van der Waals surface area contributed by atoms with Crippen molar-refractivity contribution < 1.29 is 19.3 Å². The van der Waals surface area contributed by atoms with Gasteiger partial charge in [0.25, 0.3) is 0 Å². The minimum absolute atomic E-state index is 0.163. The summed E-state index contributed by atoms with van der Waals surface area (Å²) >= 11 is 0. The summed E-state index contributed by atoms with van der Waals surface area (Å²) in [5.74, 6) is 0.681. The Morgan fingerprint density at radius 1 is 1.26 bits per heavy atom. The van der Waals surface area contributed by atoms with Crippen molar-refractivity contribution in [3.8, 4) is 0 Å². The fraction of sp³-hybridized carbons (Fsp3) is 0.789. The normalized spacial score (nSPS) is 37.6. The molecule has 3 aliphatic heterocycles. The maximum atomic E-state index is 7.00. The highest BCUT2D eigenvalue weighted by atomic mass is 16.6. The number of aliphatic hydroxyl groups is 1. The maximum Gasteiger partial charge on any atom is 0.0966 e. The number of ether oxygens (including phenoxy) is 3. The molecule has 4 nitrogen and oxygen atoms in total. The Morgan fingerprint density at radius 3 is 2.74 bits per heavy atom. The van der Waals surface area contributed by atoms with E-state index >= 15 is 0 Å². The van der Waals surface area contributed by atoms with Gasteiger partial charge >= 0.3 is 0 Å². The van der Waals surface area contributed by atoms with E-state index in [-0.39, 0.29) is 11.7 Å². The van der Waals surface area contributed by atoms with Gasteiger partial charge in [0.1, 0.15) is 0 Å². The van der Waals surface area contributed by atoms with Gasteiger partial charge < -0.3 is 19.3 Å². The van der Waals surface area contributed by atoms with Gasteiger partial charge in [0, 0.05) is 26.6 Å². The van der Waals surface area contributed by atoms with E-state index in [4.69, 9.17) is 19.3 Å². The fourth-order valence-corrected chi connectivity index (χ4v) is 3.33. The molecule has 4 atom stereocenters. The van der Waals surface area contributed by atoms with E-state index in [1.807, 2.05) is 0 Å². The highest BCUT2D eigenvalue weighted by Crippen LogP contribution is 2.39. The predicted molar refractivity (Wildman–Crippen MR) is 91.5 cm³/mol. The first kappa shape index (κ1) is 18.7. The topological polar surface area (TPSA) is 51.2 Å². The van der Waals surface area contributed by atoms with E-state index in [0.717, 1.165) is 46.2 Å². The van der Waals surface area contributed by atoms with Crippen molar-refractivity contribution in [1.82, 2.24) is 0 Å². The van der Waals surface area contributed by atoms with Gasteiger partial charge in [0.05, 0.1) is 31.0 Å². The molecule has 0 saturated carbocycles. The highest BCUT2D eigenvalue weighted by Gasteiger charge is 2.48. The van der Waals surface area contributed by atoms with Crippen LogP contribution in [0, 0.1) is 5.92 Å². The van der Waals surface area contributed by atoms with Crippen LogP contribution >= 0.6 is 0 Å². The smallest absolute Gasteiger partial charge is 0.0966 e. The van der Waals surface area contributed by atoms with Gasteiger partial charge in [-0.2, -0.15) is 0 Å². The van der Waals surface area contributed by atoms with Crippen molar-refractivity contribution >= 4 is 0 Å². The summed E-state index contributed by atoms with van der Waals surface area (Å²) in [4.78, 5) is 0. The molecule has 0 aliphatic carbocycles. The Morgan fingerprint density at radius 2 is 2.04 bits per heavy atom. The lowest BCUT2D eigenvalue weighted by atomic mass is 9.93. The Labute approximate surface area is 140 Å². The third kappa shape index (κ3) is 5.71. The second-order valence-corrected chi connectivity index (χ2v) is 6.91. The quantitative estimate of drug-likeness (QED) is 0.637. The second kappa shape index (κ2) is 8.97. The van der Waals surface area contributed by atoms with E-state index in [0.29, 0.717) is 12.0 Å². The average Bonchev–Trinajstić information content (AvgIpc) is 3.32. The summed E-state index contributed by atoms with van der Waals surface area (Å²) in [5.41, 5.74) is 1.47. The summed E-state index contributed by atoms with van der Waals surface area (Å²) < 4.78 is 17.2. The molecule has 0 radical (unpaired) electrons. The molecule has 3 saturated heterocycles. The first-order valence-electron chi connectivity index (χ1n) is 8.84. The van der Waals surface area contributed by atoms with Crippen LogP contribution in [0.25, 0.3) is 0 Å². The Kier molecular flexibility index (Phi) is 7.28. The standard InChI is InChI=1S/C18H28O3.CH4O/c1-14(6-8-17-15(2)4-3-10-20-17)5-7-16-12-18(13-21-18)9-11-19-16;1-2/h5-7,15-17H,3-4,8-13H2,1-2H3;2H,1H3/b7-5+,14-6+;. The molecule has 1 spiro atoms. The first-order valence-corrected chi connectivity index (χ1v) is 8.84. The molecule has 4 unspecified atom stereocenters. The zero-order chi connectivity index (χ0) is 16.7. The minimum atomic E-state index is 0.163. The molecule has 0 bridgehead atoms. The molecule has 4 heteroatoms. The van der Waals surface area contributed by atoms with Gasteiger partial charge in [-0.3, -0.25) is 0 Å². The van der Waals surface area contributed by atoms with Gasteiger partial charge in [-0.15, -0.1) is 0 Å². The van der Waals surface area contributed by atoms with Gasteiger partial charge in [-0.25, -0.2) is 0 Å². The van der Waals surface area contributed by atoms with Gasteiger partial charge in [0.15, 0.2) is 0 Å². The van der Waals surface area contributed by atoms with Gasteiger partial charge in [0.2, 0.25) is 0 Å². The average molecular weight is 324 g/mol. The SMILES string of the molecule is CC(/C=C/C1CC2(CCO1)CO2)=C\CC1OCCCC1C.CO. The summed E-state index contributed by atoms with van der Waals surface area (Å²) in [6.07, 6.45) is 12.9. The molecule has 0 aromatic carbocycles. The highest BCUT2D eigenvalue weighted by molar-refractivity contribution is 5.18. The number of allylic oxidation sites excluding steroid dienone is 2. The Balaban J connectivity index is 0.000000924. The van der Waals surface area contributed by atoms with Crippen LogP contribution in [-0.4, -0.2) is 49.8 Å². The summed E-state index contributed by atoms with van der Waals surface area (Å²) in [7, 11) is 1.00. The number of rotatable bonds is 4. The lowest BCUT2D eigenvalue weighted by Gasteiger charge is -2.28. The van der Waals surface area contributed by atoms with Crippen LogP contribution in [0.5, 0.6) is 0 Å². The number of epoxide rings is 1. The number of hydrogen-bond acceptors (Lipinski definition) is 4. The Bertz CT molecular complexity index is 412. The first-order chi connectivity index (χ1) is 11.2. The fourth-order valence-electron chi connectivity index (χ4n) is 3.33. The van der Waals surface area contributed by atoms with Crippen molar-refractivity contribution in [2.45, 2.75) is 63.8 Å². The summed E-state index contributed by atoms with van der Waals surface area (Å²) in [5, 5.41) is 7.00. The third-order valence-corrected chi connectivity index (χ3v) is 5.03. The van der Waals surface area contributed by atoms with Crippen molar-refractivity contribution in [2.75, 3.05) is 26.9 Å². The minimum Gasteiger partial charge on any atom is -0.400 e. The van der Waals surface area contributed by atoms with E-state index in [1.54, 1.807) is 0 Å². The van der Waals surface area contributed by atoms with Crippen molar-refractivity contribution in [3.05, 3.63) is 23.8 Å². The van der Waals surface area contributed by atoms with Crippen molar-refractivity contribution in [2.24, 2.45) is 5.92 Å². The van der Waals surface area contributed by atoms with Crippen molar-refractivity contribution in [3.63, 3.8) is 0 Å². The Hall–Kier alpha value is -0.680. The van der Waals surface area contributed by atoms with E-state index < -0.39 is 0 Å². The number of hydrogen-bond donors (Lipinski definition) is 1. The third-order valence-electron chi connectivity index (χ3n) is 5.03. The van der Waals surface area contributed by atoms with Crippen LogP contribution in [0.1, 0.15) is 46.0 Å². The van der Waals surface area contributed by atoms with E-state index in [1.165, 1.54) is 18.4 Å². The zero-order valence-corrected chi connectivity index (χ0v) is 14.8. The van der Waals surface area contributed by atoms with Crippen LogP contribution in [0.4, 0.5) is 0 Å². The molecule has 3 aliphatic rings. The molecular formula is C19H32O4. The molecular weight excluding hydrogens is 292 g/mol. The zero-order valence-electron chi connectivity index (χ0n) is 14.8. The largest absolute Gasteiger partial charge is 0.400 e. The predicted octanol–water partition coefficient (Wildman–Crippen LogP) is 3.25. The molecule has 3 rings (SSSR count). The monoisotopic (exact) mass is 324 g/mol. The van der Waals surface area contributed by atoms with Crippen LogP contribution in [0.15, 0.2) is 23.8 Å². The van der Waals surface area contributed by atoms with E-state index in [9.17, 15) is 0 Å². The summed E-state index contributed by atoms with van der Waals surface area (Å²) in [6, 6.07) is 0. The molecule has 132 valence electrons. The molecule has 23 heavy (non-hydrogen) atoms. The van der Waals surface area contributed by atoms with Crippen LogP contribution in [-0.2, 0) is 14.2 Å². The molecule has 3 heterocycles. The maximum absolute atomic E-state index is 7.00. The lowest BCUT2D eigenvalue weighted by Crippen LogP contribution is -2.30. The molecule has 0 aromatic heterocycles. The number of aliphatic hydroxyl groups excluding tert-OH is 1. The molecule has 1 N–H and O–H groups in total.